The molecule has 0 aliphatic heterocycles. The van der Waals surface area contributed by atoms with Crippen molar-refractivity contribution in [3.63, 3.8) is 0 Å². The van der Waals surface area contributed by atoms with Crippen molar-refractivity contribution in [3.05, 3.63) is 75.3 Å². The van der Waals surface area contributed by atoms with Crippen molar-refractivity contribution in [2.75, 3.05) is 10.6 Å². The van der Waals surface area contributed by atoms with E-state index in [1.165, 1.54) is 23.6 Å². The third-order valence-electron chi connectivity index (χ3n) is 3.24. The normalized spacial score (nSPS) is 10.4. The van der Waals surface area contributed by atoms with Crippen LogP contribution in [0.2, 0.25) is 4.34 Å². The standard InChI is InChI=1S/C17H13ClFN3OS/c18-15-7-6-14(24-15)17(23)22-12-5-8-16(21-10-12)20-9-11-3-1-2-4-13(11)19/h1-8,10H,9H2,(H,20,21)(H,22,23). The number of benzene rings is 1. The number of hydrogen-bond acceptors (Lipinski definition) is 4. The quantitative estimate of drug-likeness (QED) is 0.686. The van der Waals surface area contributed by atoms with E-state index in [-0.39, 0.29) is 11.7 Å². The third-order valence-corrected chi connectivity index (χ3v) is 4.47. The molecule has 0 atom stereocenters. The minimum Gasteiger partial charge on any atom is -0.366 e. The van der Waals surface area contributed by atoms with Crippen LogP contribution >= 0.6 is 22.9 Å². The van der Waals surface area contributed by atoms with Crippen LogP contribution in [0.25, 0.3) is 0 Å². The molecule has 7 heteroatoms. The van der Waals surface area contributed by atoms with Gasteiger partial charge in [0.15, 0.2) is 0 Å². The van der Waals surface area contributed by atoms with Crippen LogP contribution < -0.4 is 10.6 Å². The highest BCUT2D eigenvalue weighted by atomic mass is 35.5. The van der Waals surface area contributed by atoms with E-state index in [0.29, 0.717) is 32.8 Å². The lowest BCUT2D eigenvalue weighted by Crippen LogP contribution is -2.10. The van der Waals surface area contributed by atoms with E-state index in [2.05, 4.69) is 15.6 Å². The number of aromatic nitrogens is 1. The first kappa shape index (κ1) is 16.4. The molecule has 3 aromatic rings. The summed E-state index contributed by atoms with van der Waals surface area (Å²) in [5.41, 5.74) is 1.13. The van der Waals surface area contributed by atoms with Gasteiger partial charge in [0.1, 0.15) is 11.6 Å². The molecule has 4 nitrogen and oxygen atoms in total. The summed E-state index contributed by atoms with van der Waals surface area (Å²) in [5, 5.41) is 5.78. The summed E-state index contributed by atoms with van der Waals surface area (Å²) < 4.78 is 14.1. The van der Waals surface area contributed by atoms with E-state index < -0.39 is 0 Å². The molecule has 0 radical (unpaired) electrons. The minimum absolute atomic E-state index is 0.235. The van der Waals surface area contributed by atoms with Gasteiger partial charge in [0.05, 0.1) is 21.1 Å². The first-order valence-electron chi connectivity index (χ1n) is 7.12. The van der Waals surface area contributed by atoms with Crippen molar-refractivity contribution in [1.82, 2.24) is 4.98 Å². The summed E-state index contributed by atoms with van der Waals surface area (Å²) in [7, 11) is 0. The number of hydrogen-bond donors (Lipinski definition) is 2. The van der Waals surface area contributed by atoms with E-state index in [1.54, 1.807) is 42.5 Å². The number of amides is 1. The molecular formula is C17H13ClFN3OS. The van der Waals surface area contributed by atoms with Gasteiger partial charge in [-0.2, -0.15) is 0 Å². The Morgan fingerprint density at radius 2 is 2.00 bits per heavy atom. The largest absolute Gasteiger partial charge is 0.366 e. The van der Waals surface area contributed by atoms with Gasteiger partial charge in [0.2, 0.25) is 0 Å². The van der Waals surface area contributed by atoms with Crippen molar-refractivity contribution in [2.24, 2.45) is 0 Å². The lowest BCUT2D eigenvalue weighted by atomic mass is 10.2. The van der Waals surface area contributed by atoms with Crippen molar-refractivity contribution < 1.29 is 9.18 Å². The zero-order valence-electron chi connectivity index (χ0n) is 12.4. The molecule has 1 amide bonds. The fourth-order valence-corrected chi connectivity index (χ4v) is 2.97. The molecular weight excluding hydrogens is 349 g/mol. The fourth-order valence-electron chi connectivity index (χ4n) is 2.03. The molecule has 2 N–H and O–H groups in total. The number of carbonyl (C=O) groups excluding carboxylic acids is 1. The van der Waals surface area contributed by atoms with Crippen LogP contribution in [-0.2, 0) is 6.54 Å². The molecule has 0 saturated carbocycles. The van der Waals surface area contributed by atoms with Gasteiger partial charge in [-0.3, -0.25) is 4.79 Å². The van der Waals surface area contributed by atoms with Gasteiger partial charge in [-0.15, -0.1) is 11.3 Å². The van der Waals surface area contributed by atoms with Crippen LogP contribution in [0.5, 0.6) is 0 Å². The van der Waals surface area contributed by atoms with Crippen molar-refractivity contribution in [3.8, 4) is 0 Å². The Morgan fingerprint density at radius 3 is 2.67 bits per heavy atom. The predicted octanol–water partition coefficient (Wildman–Crippen LogP) is 4.80. The number of anilines is 2. The maximum atomic E-state index is 13.5. The van der Waals surface area contributed by atoms with Crippen LogP contribution in [0.1, 0.15) is 15.2 Å². The van der Waals surface area contributed by atoms with E-state index in [9.17, 15) is 9.18 Å². The second-order valence-corrected chi connectivity index (χ2v) is 6.65. The predicted molar refractivity (Wildman–Crippen MR) is 95.2 cm³/mol. The molecule has 1 aromatic carbocycles. The Balaban J connectivity index is 1.59. The number of halogens is 2. The highest BCUT2D eigenvalue weighted by molar-refractivity contribution is 7.18. The van der Waals surface area contributed by atoms with Gasteiger partial charge in [0, 0.05) is 12.1 Å². The van der Waals surface area contributed by atoms with Gasteiger partial charge in [-0.05, 0) is 30.3 Å². The van der Waals surface area contributed by atoms with E-state index in [4.69, 9.17) is 11.6 Å². The molecule has 122 valence electrons. The third kappa shape index (κ3) is 4.10. The zero-order valence-corrected chi connectivity index (χ0v) is 14.0. The number of nitrogens with zero attached hydrogens (tertiary/aromatic N) is 1. The summed E-state index contributed by atoms with van der Waals surface area (Å²) in [6.45, 7) is 0.332. The van der Waals surface area contributed by atoms with Crippen LogP contribution in [0.3, 0.4) is 0 Å². The van der Waals surface area contributed by atoms with Crippen LogP contribution in [0.15, 0.2) is 54.7 Å². The SMILES string of the molecule is O=C(Nc1ccc(NCc2ccccc2F)nc1)c1ccc(Cl)s1. The van der Waals surface area contributed by atoms with Gasteiger partial charge < -0.3 is 10.6 Å². The summed E-state index contributed by atoms with van der Waals surface area (Å²) >= 11 is 7.03. The molecule has 0 unspecified atom stereocenters. The van der Waals surface area contributed by atoms with Crippen molar-refractivity contribution in [1.29, 1.82) is 0 Å². The lowest BCUT2D eigenvalue weighted by molar-refractivity contribution is 0.103. The van der Waals surface area contributed by atoms with Crippen molar-refractivity contribution >= 4 is 40.4 Å². The van der Waals surface area contributed by atoms with Gasteiger partial charge in [-0.1, -0.05) is 29.8 Å². The number of nitrogens with one attached hydrogen (secondary N) is 2. The van der Waals surface area contributed by atoms with E-state index in [0.717, 1.165) is 0 Å². The first-order valence-corrected chi connectivity index (χ1v) is 8.31. The Hall–Kier alpha value is -2.44. The van der Waals surface area contributed by atoms with Gasteiger partial charge in [-0.25, -0.2) is 9.37 Å². The Labute approximate surface area is 147 Å². The fraction of sp³-hybridized carbons (Fsp3) is 0.0588. The van der Waals surface area contributed by atoms with Crippen molar-refractivity contribution in [2.45, 2.75) is 6.54 Å². The average molecular weight is 362 g/mol. The lowest BCUT2D eigenvalue weighted by Gasteiger charge is -2.08. The number of rotatable bonds is 5. The monoisotopic (exact) mass is 361 g/mol. The Bertz CT molecular complexity index is 851. The molecule has 0 aliphatic carbocycles. The first-order chi connectivity index (χ1) is 11.6. The molecule has 0 saturated heterocycles. The van der Waals surface area contributed by atoms with E-state index in [1.807, 2.05) is 0 Å². The zero-order chi connectivity index (χ0) is 16.9. The average Bonchev–Trinajstić information content (AvgIpc) is 3.02. The Kier molecular flexibility index (Phi) is 5.08. The van der Waals surface area contributed by atoms with Crippen LogP contribution in [0, 0.1) is 5.82 Å². The molecule has 0 bridgehead atoms. The van der Waals surface area contributed by atoms with E-state index >= 15 is 0 Å². The Morgan fingerprint density at radius 1 is 1.17 bits per heavy atom. The second kappa shape index (κ2) is 7.42. The molecule has 0 spiro atoms. The molecule has 2 aromatic heterocycles. The summed E-state index contributed by atoms with van der Waals surface area (Å²) in [4.78, 5) is 16.7. The highest BCUT2D eigenvalue weighted by Gasteiger charge is 2.09. The molecule has 0 aliphatic rings. The molecule has 0 fully saturated rings. The smallest absolute Gasteiger partial charge is 0.265 e. The van der Waals surface area contributed by atoms with Gasteiger partial charge >= 0.3 is 0 Å². The maximum Gasteiger partial charge on any atom is 0.265 e. The van der Waals surface area contributed by atoms with Crippen LogP contribution in [-0.4, -0.2) is 10.9 Å². The number of pyridine rings is 1. The maximum absolute atomic E-state index is 13.5. The molecule has 24 heavy (non-hydrogen) atoms. The molecule has 2 heterocycles. The summed E-state index contributed by atoms with van der Waals surface area (Å²) in [6, 6.07) is 13.3. The summed E-state index contributed by atoms with van der Waals surface area (Å²) in [5.74, 6) is 0.0969. The topological polar surface area (TPSA) is 54.0 Å². The van der Waals surface area contributed by atoms with Crippen LogP contribution in [0.4, 0.5) is 15.9 Å². The number of carbonyl (C=O) groups is 1. The minimum atomic E-state index is -0.261. The van der Waals surface area contributed by atoms with Gasteiger partial charge in [0.25, 0.3) is 5.91 Å². The summed E-state index contributed by atoms with van der Waals surface area (Å²) in [6.07, 6.45) is 1.54. The highest BCUT2D eigenvalue weighted by Crippen LogP contribution is 2.22. The number of thiophene rings is 1. The second-order valence-electron chi connectivity index (χ2n) is 4.93. The molecule has 3 rings (SSSR count).